The Labute approximate surface area is 120 Å². The molecule has 3 rings (SSSR count). The molecule has 1 aliphatic rings. The molecule has 1 fully saturated rings. The first-order chi connectivity index (χ1) is 10.2. The maximum absolute atomic E-state index is 12.4. The lowest BCUT2D eigenvalue weighted by Crippen LogP contribution is -2.11. The summed E-state index contributed by atoms with van der Waals surface area (Å²) in [5.74, 6) is 0.767. The van der Waals surface area contributed by atoms with Crippen molar-refractivity contribution < 1.29 is 13.2 Å². The Morgan fingerprint density at radius 3 is 2.43 bits per heavy atom. The van der Waals surface area contributed by atoms with Crippen molar-refractivity contribution >= 4 is 0 Å². The zero-order valence-corrected chi connectivity index (χ0v) is 11.5. The first kappa shape index (κ1) is 14.0. The summed E-state index contributed by atoms with van der Waals surface area (Å²) >= 11 is 0. The molecule has 0 aromatic carbocycles. The van der Waals surface area contributed by atoms with Crippen molar-refractivity contribution in [1.29, 1.82) is 0 Å². The summed E-state index contributed by atoms with van der Waals surface area (Å²) < 4.78 is 29.7. The second-order valence-electron chi connectivity index (χ2n) is 5.34. The van der Waals surface area contributed by atoms with Gasteiger partial charge in [0.2, 0.25) is 0 Å². The lowest BCUT2D eigenvalue weighted by atomic mass is 9.87. The molecule has 1 aliphatic carbocycles. The topological polar surface area (TPSA) is 64.7 Å². The molecule has 0 spiro atoms. The number of halogens is 2. The molecule has 21 heavy (non-hydrogen) atoms. The third kappa shape index (κ3) is 3.40. The van der Waals surface area contributed by atoms with Gasteiger partial charge in [-0.05, 0) is 5.92 Å². The molecule has 0 saturated heterocycles. The summed E-state index contributed by atoms with van der Waals surface area (Å²) in [6.07, 6.45) is 7.54. The molecule has 0 bridgehead atoms. The van der Waals surface area contributed by atoms with Gasteiger partial charge in [-0.25, -0.2) is 9.97 Å². The predicted octanol–water partition coefficient (Wildman–Crippen LogP) is 3.59. The average Bonchev–Trinajstić information content (AvgIpc) is 2.99. The zero-order chi connectivity index (χ0) is 14.7. The second kappa shape index (κ2) is 6.24. The molecule has 2 aromatic rings. The van der Waals surface area contributed by atoms with Gasteiger partial charge in [0.05, 0.1) is 5.56 Å². The molecular weight excluding hydrogens is 278 g/mol. The predicted molar refractivity (Wildman–Crippen MR) is 70.6 cm³/mol. The van der Waals surface area contributed by atoms with E-state index in [4.69, 9.17) is 4.42 Å². The molecular formula is C14H16F2N4O. The molecule has 1 saturated carbocycles. The van der Waals surface area contributed by atoms with Gasteiger partial charge in [0.1, 0.15) is 5.82 Å². The van der Waals surface area contributed by atoms with E-state index in [1.807, 2.05) is 0 Å². The highest BCUT2D eigenvalue weighted by molar-refractivity contribution is 5.48. The SMILES string of the molecule is FC(F)c1nnc(-c2cnc(CC3CCCCC3)nc2)o1. The van der Waals surface area contributed by atoms with Gasteiger partial charge >= 0.3 is 6.43 Å². The van der Waals surface area contributed by atoms with Crippen molar-refractivity contribution in [2.75, 3.05) is 0 Å². The zero-order valence-electron chi connectivity index (χ0n) is 11.5. The minimum Gasteiger partial charge on any atom is -0.415 e. The third-order valence-electron chi connectivity index (χ3n) is 3.78. The summed E-state index contributed by atoms with van der Waals surface area (Å²) in [6.45, 7) is 0. The van der Waals surface area contributed by atoms with Gasteiger partial charge < -0.3 is 4.42 Å². The number of rotatable bonds is 4. The Morgan fingerprint density at radius 2 is 1.81 bits per heavy atom. The van der Waals surface area contributed by atoms with E-state index in [9.17, 15) is 8.78 Å². The fourth-order valence-electron chi connectivity index (χ4n) is 2.66. The lowest BCUT2D eigenvalue weighted by Gasteiger charge is -2.20. The van der Waals surface area contributed by atoms with Crippen LogP contribution in [0.5, 0.6) is 0 Å². The molecule has 0 atom stereocenters. The summed E-state index contributed by atoms with van der Waals surface area (Å²) in [7, 11) is 0. The van der Waals surface area contributed by atoms with E-state index in [1.54, 1.807) is 12.4 Å². The molecule has 7 heteroatoms. The third-order valence-corrected chi connectivity index (χ3v) is 3.78. The van der Waals surface area contributed by atoms with E-state index in [1.165, 1.54) is 32.1 Å². The van der Waals surface area contributed by atoms with Gasteiger partial charge in [0.25, 0.3) is 11.8 Å². The molecule has 0 aliphatic heterocycles. The van der Waals surface area contributed by atoms with Crippen LogP contribution in [0.3, 0.4) is 0 Å². The van der Waals surface area contributed by atoms with Crippen molar-refractivity contribution in [1.82, 2.24) is 20.2 Å². The van der Waals surface area contributed by atoms with Gasteiger partial charge in [-0.2, -0.15) is 8.78 Å². The fraction of sp³-hybridized carbons (Fsp3) is 0.571. The van der Waals surface area contributed by atoms with E-state index in [2.05, 4.69) is 20.2 Å². The lowest BCUT2D eigenvalue weighted by molar-refractivity contribution is 0.116. The molecule has 0 radical (unpaired) electrons. The van der Waals surface area contributed by atoms with Crippen LogP contribution in [-0.2, 0) is 6.42 Å². The Kier molecular flexibility index (Phi) is 4.17. The van der Waals surface area contributed by atoms with E-state index in [0.717, 1.165) is 12.2 Å². The molecule has 2 aromatic heterocycles. The van der Waals surface area contributed by atoms with Crippen molar-refractivity contribution in [3.8, 4) is 11.5 Å². The number of aromatic nitrogens is 4. The van der Waals surface area contributed by atoms with Crippen LogP contribution in [0.15, 0.2) is 16.8 Å². The monoisotopic (exact) mass is 294 g/mol. The Morgan fingerprint density at radius 1 is 1.10 bits per heavy atom. The van der Waals surface area contributed by atoms with E-state index in [0.29, 0.717) is 11.5 Å². The van der Waals surface area contributed by atoms with Gasteiger partial charge in [-0.1, -0.05) is 32.1 Å². The van der Waals surface area contributed by atoms with Crippen LogP contribution in [0.4, 0.5) is 8.78 Å². The first-order valence-electron chi connectivity index (χ1n) is 7.15. The van der Waals surface area contributed by atoms with E-state index < -0.39 is 12.3 Å². The van der Waals surface area contributed by atoms with Crippen LogP contribution in [0.1, 0.15) is 50.2 Å². The van der Waals surface area contributed by atoms with Crippen LogP contribution in [0.25, 0.3) is 11.5 Å². The molecule has 5 nitrogen and oxygen atoms in total. The molecule has 2 heterocycles. The van der Waals surface area contributed by atoms with Crippen molar-refractivity contribution in [2.45, 2.75) is 45.0 Å². The number of hydrogen-bond donors (Lipinski definition) is 0. The molecule has 0 unspecified atom stereocenters. The summed E-state index contributed by atoms with van der Waals surface area (Å²) in [6, 6.07) is 0. The number of nitrogens with zero attached hydrogens (tertiary/aromatic N) is 4. The minimum absolute atomic E-state index is 0.0227. The second-order valence-corrected chi connectivity index (χ2v) is 5.34. The quantitative estimate of drug-likeness (QED) is 0.862. The van der Waals surface area contributed by atoms with E-state index >= 15 is 0 Å². The number of hydrogen-bond acceptors (Lipinski definition) is 5. The van der Waals surface area contributed by atoms with Gasteiger partial charge in [-0.3, -0.25) is 0 Å². The molecule has 0 N–H and O–H groups in total. The Balaban J connectivity index is 1.68. The Bertz CT molecular complexity index is 579. The summed E-state index contributed by atoms with van der Waals surface area (Å²) in [5, 5.41) is 6.86. The summed E-state index contributed by atoms with van der Waals surface area (Å²) in [4.78, 5) is 8.55. The fourth-order valence-corrected chi connectivity index (χ4v) is 2.66. The molecule has 112 valence electrons. The van der Waals surface area contributed by atoms with Crippen LogP contribution in [-0.4, -0.2) is 20.2 Å². The highest BCUT2D eigenvalue weighted by atomic mass is 19.3. The van der Waals surface area contributed by atoms with Crippen LogP contribution < -0.4 is 0 Å². The highest BCUT2D eigenvalue weighted by Crippen LogP contribution is 2.26. The van der Waals surface area contributed by atoms with Gasteiger partial charge in [0.15, 0.2) is 0 Å². The maximum atomic E-state index is 12.4. The minimum atomic E-state index is -2.77. The van der Waals surface area contributed by atoms with Crippen LogP contribution in [0, 0.1) is 5.92 Å². The van der Waals surface area contributed by atoms with Crippen molar-refractivity contribution in [3.05, 3.63) is 24.1 Å². The van der Waals surface area contributed by atoms with Crippen LogP contribution >= 0.6 is 0 Å². The van der Waals surface area contributed by atoms with Crippen molar-refractivity contribution in [2.24, 2.45) is 5.92 Å². The summed E-state index contributed by atoms with van der Waals surface area (Å²) in [5.41, 5.74) is 0.460. The van der Waals surface area contributed by atoms with Gasteiger partial charge in [0, 0.05) is 18.8 Å². The normalized spacial score (nSPS) is 16.5. The van der Waals surface area contributed by atoms with Crippen LogP contribution in [0.2, 0.25) is 0 Å². The van der Waals surface area contributed by atoms with Crippen molar-refractivity contribution in [3.63, 3.8) is 0 Å². The van der Waals surface area contributed by atoms with E-state index in [-0.39, 0.29) is 5.89 Å². The first-order valence-corrected chi connectivity index (χ1v) is 7.15. The maximum Gasteiger partial charge on any atom is 0.314 e. The standard InChI is InChI=1S/C14H16F2N4O/c15-12(16)14-20-19-13(21-14)10-7-17-11(18-8-10)6-9-4-2-1-3-5-9/h7-9,12H,1-6H2. The average molecular weight is 294 g/mol. The highest BCUT2D eigenvalue weighted by Gasteiger charge is 2.18. The number of alkyl halides is 2. The largest absolute Gasteiger partial charge is 0.415 e. The molecule has 0 amide bonds. The van der Waals surface area contributed by atoms with Gasteiger partial charge in [-0.15, -0.1) is 10.2 Å². The Hall–Kier alpha value is -1.92. The smallest absolute Gasteiger partial charge is 0.314 e.